The van der Waals surface area contributed by atoms with Gasteiger partial charge in [-0.15, -0.1) is 0 Å². The molecule has 0 radical (unpaired) electrons. The van der Waals surface area contributed by atoms with E-state index in [9.17, 15) is 0 Å². The fraction of sp³-hybridized carbons (Fsp3) is 0.250. The summed E-state index contributed by atoms with van der Waals surface area (Å²) in [4.78, 5) is 2.25. The maximum Gasteiger partial charge on any atom is 0.0587 e. The minimum atomic E-state index is 0.702. The summed E-state index contributed by atoms with van der Waals surface area (Å²) in [6, 6.07) is 14.2. The van der Waals surface area contributed by atoms with Crippen molar-refractivity contribution in [1.29, 1.82) is 0 Å². The van der Waals surface area contributed by atoms with E-state index in [1.165, 1.54) is 5.56 Å². The Kier molecular flexibility index (Phi) is 7.07. The summed E-state index contributed by atoms with van der Waals surface area (Å²) in [5.74, 6) is 0. The van der Waals surface area contributed by atoms with Crippen molar-refractivity contribution in [2.75, 3.05) is 20.3 Å². The summed E-state index contributed by atoms with van der Waals surface area (Å²) in [5.41, 5.74) is 1.19. The van der Waals surface area contributed by atoms with Crippen LogP contribution in [-0.4, -0.2) is 20.3 Å². The SMILES string of the molecule is COCCNCc1cccc(Cl)c1Sc1ccccc1Br. The Labute approximate surface area is 143 Å². The number of hydrogen-bond donors (Lipinski definition) is 1. The molecule has 2 aromatic carbocycles. The molecule has 0 atom stereocenters. The van der Waals surface area contributed by atoms with E-state index in [1.807, 2.05) is 30.3 Å². The van der Waals surface area contributed by atoms with Crippen molar-refractivity contribution in [2.24, 2.45) is 0 Å². The Morgan fingerprint density at radius 3 is 2.76 bits per heavy atom. The zero-order valence-corrected chi connectivity index (χ0v) is 14.9. The molecule has 5 heteroatoms. The van der Waals surface area contributed by atoms with Gasteiger partial charge in [-0.2, -0.15) is 0 Å². The third-order valence-electron chi connectivity index (χ3n) is 2.90. The quantitative estimate of drug-likeness (QED) is 0.677. The standard InChI is InChI=1S/C16H17BrClNOS/c1-20-10-9-19-11-12-5-4-7-14(18)16(12)21-15-8-3-2-6-13(15)17/h2-8,19H,9-11H2,1H3. The predicted molar refractivity (Wildman–Crippen MR) is 93.3 cm³/mol. The largest absolute Gasteiger partial charge is 0.383 e. The zero-order chi connectivity index (χ0) is 15.1. The number of rotatable bonds is 7. The molecule has 0 aliphatic heterocycles. The van der Waals surface area contributed by atoms with Gasteiger partial charge in [0, 0.05) is 34.5 Å². The van der Waals surface area contributed by atoms with E-state index in [0.29, 0.717) is 6.61 Å². The first-order valence-corrected chi connectivity index (χ1v) is 8.60. The molecule has 0 spiro atoms. The van der Waals surface area contributed by atoms with Crippen LogP contribution in [0.25, 0.3) is 0 Å². The molecule has 0 saturated heterocycles. The first-order valence-electron chi connectivity index (χ1n) is 6.62. The molecule has 1 N–H and O–H groups in total. The second-order valence-electron chi connectivity index (χ2n) is 4.43. The Bertz CT molecular complexity index is 594. The van der Waals surface area contributed by atoms with Gasteiger partial charge in [-0.25, -0.2) is 0 Å². The molecule has 0 aliphatic carbocycles. The van der Waals surface area contributed by atoms with Crippen molar-refractivity contribution >= 4 is 39.3 Å². The number of halogens is 2. The minimum absolute atomic E-state index is 0.702. The van der Waals surface area contributed by atoms with Gasteiger partial charge in [0.15, 0.2) is 0 Å². The minimum Gasteiger partial charge on any atom is -0.383 e. The normalized spacial score (nSPS) is 10.8. The maximum atomic E-state index is 6.38. The molecule has 0 saturated carbocycles. The highest BCUT2D eigenvalue weighted by atomic mass is 79.9. The van der Waals surface area contributed by atoms with Crippen LogP contribution in [0.15, 0.2) is 56.7 Å². The van der Waals surface area contributed by atoms with Crippen molar-refractivity contribution in [2.45, 2.75) is 16.3 Å². The van der Waals surface area contributed by atoms with Gasteiger partial charge >= 0.3 is 0 Å². The summed E-state index contributed by atoms with van der Waals surface area (Å²) in [5, 5.41) is 4.14. The van der Waals surface area contributed by atoms with E-state index in [4.69, 9.17) is 16.3 Å². The predicted octanol–water partition coefficient (Wildman–Crippen LogP) is 4.99. The molecule has 0 fully saturated rings. The zero-order valence-electron chi connectivity index (χ0n) is 11.7. The highest BCUT2D eigenvalue weighted by Gasteiger charge is 2.10. The second-order valence-corrected chi connectivity index (χ2v) is 6.74. The first-order chi connectivity index (χ1) is 10.2. The average molecular weight is 387 g/mol. The summed E-state index contributed by atoms with van der Waals surface area (Å²) in [6.45, 7) is 2.30. The smallest absolute Gasteiger partial charge is 0.0587 e. The second kappa shape index (κ2) is 8.81. The number of nitrogens with one attached hydrogen (secondary N) is 1. The van der Waals surface area contributed by atoms with E-state index in [-0.39, 0.29) is 0 Å². The van der Waals surface area contributed by atoms with Crippen LogP contribution in [0.2, 0.25) is 5.02 Å². The fourth-order valence-electron chi connectivity index (χ4n) is 1.84. The van der Waals surface area contributed by atoms with Gasteiger partial charge in [0.25, 0.3) is 0 Å². The van der Waals surface area contributed by atoms with Crippen LogP contribution >= 0.6 is 39.3 Å². The van der Waals surface area contributed by atoms with E-state index in [2.05, 4.69) is 33.4 Å². The third kappa shape index (κ3) is 5.01. The number of hydrogen-bond acceptors (Lipinski definition) is 3. The van der Waals surface area contributed by atoms with Crippen LogP contribution in [0.5, 0.6) is 0 Å². The van der Waals surface area contributed by atoms with Crippen LogP contribution < -0.4 is 5.32 Å². The molecule has 2 nitrogen and oxygen atoms in total. The topological polar surface area (TPSA) is 21.3 Å². The fourth-order valence-corrected chi connectivity index (χ4v) is 3.65. The van der Waals surface area contributed by atoms with Crippen LogP contribution in [-0.2, 0) is 11.3 Å². The van der Waals surface area contributed by atoms with Crippen molar-refractivity contribution in [1.82, 2.24) is 5.32 Å². The van der Waals surface area contributed by atoms with Gasteiger partial charge in [0.2, 0.25) is 0 Å². The molecular formula is C16H17BrClNOS. The first kappa shape index (κ1) is 16.8. The van der Waals surface area contributed by atoms with Gasteiger partial charge in [0.05, 0.1) is 11.6 Å². The van der Waals surface area contributed by atoms with E-state index in [0.717, 1.165) is 32.4 Å². The van der Waals surface area contributed by atoms with Crippen LogP contribution in [0, 0.1) is 0 Å². The number of benzene rings is 2. The Morgan fingerprint density at radius 1 is 1.19 bits per heavy atom. The Balaban J connectivity index is 2.16. The van der Waals surface area contributed by atoms with Gasteiger partial charge in [-0.3, -0.25) is 0 Å². The summed E-state index contributed by atoms with van der Waals surface area (Å²) >= 11 is 11.6. The number of ether oxygens (including phenoxy) is 1. The van der Waals surface area contributed by atoms with E-state index >= 15 is 0 Å². The monoisotopic (exact) mass is 385 g/mol. The van der Waals surface area contributed by atoms with Crippen molar-refractivity contribution in [3.05, 3.63) is 57.5 Å². The summed E-state index contributed by atoms with van der Waals surface area (Å²) in [7, 11) is 1.70. The molecule has 2 rings (SSSR count). The molecule has 0 heterocycles. The molecular weight excluding hydrogens is 370 g/mol. The van der Waals surface area contributed by atoms with Gasteiger partial charge < -0.3 is 10.1 Å². The molecule has 0 bridgehead atoms. The van der Waals surface area contributed by atoms with E-state index < -0.39 is 0 Å². The van der Waals surface area contributed by atoms with Crippen molar-refractivity contribution in [3.8, 4) is 0 Å². The highest BCUT2D eigenvalue weighted by Crippen LogP contribution is 2.39. The molecule has 112 valence electrons. The highest BCUT2D eigenvalue weighted by molar-refractivity contribution is 9.10. The van der Waals surface area contributed by atoms with Crippen LogP contribution in [0.1, 0.15) is 5.56 Å². The van der Waals surface area contributed by atoms with Gasteiger partial charge in [-0.05, 0) is 39.7 Å². The third-order valence-corrected chi connectivity index (χ3v) is 5.54. The van der Waals surface area contributed by atoms with Crippen molar-refractivity contribution in [3.63, 3.8) is 0 Å². The lowest BCUT2D eigenvalue weighted by molar-refractivity contribution is 0.199. The molecule has 2 aromatic rings. The number of methoxy groups -OCH3 is 1. The lowest BCUT2D eigenvalue weighted by Crippen LogP contribution is -2.18. The molecule has 21 heavy (non-hydrogen) atoms. The summed E-state index contributed by atoms with van der Waals surface area (Å²) < 4.78 is 6.12. The van der Waals surface area contributed by atoms with Crippen molar-refractivity contribution < 1.29 is 4.74 Å². The molecule has 0 aromatic heterocycles. The Hall–Kier alpha value is -0.520. The lowest BCUT2D eigenvalue weighted by Gasteiger charge is -2.13. The lowest BCUT2D eigenvalue weighted by atomic mass is 10.2. The average Bonchev–Trinajstić information content (AvgIpc) is 2.49. The molecule has 0 unspecified atom stereocenters. The summed E-state index contributed by atoms with van der Waals surface area (Å²) in [6.07, 6.45) is 0. The van der Waals surface area contributed by atoms with Crippen LogP contribution in [0.3, 0.4) is 0 Å². The van der Waals surface area contributed by atoms with Crippen LogP contribution in [0.4, 0.5) is 0 Å². The molecule has 0 amide bonds. The molecule has 0 aliphatic rings. The van der Waals surface area contributed by atoms with E-state index in [1.54, 1.807) is 18.9 Å². The van der Waals surface area contributed by atoms with Gasteiger partial charge in [0.1, 0.15) is 0 Å². The maximum absolute atomic E-state index is 6.38. The van der Waals surface area contributed by atoms with Gasteiger partial charge in [-0.1, -0.05) is 47.6 Å². The Morgan fingerprint density at radius 2 is 2.00 bits per heavy atom.